The van der Waals surface area contributed by atoms with Crippen molar-refractivity contribution in [3.63, 3.8) is 0 Å². The van der Waals surface area contributed by atoms with Crippen molar-refractivity contribution in [2.75, 3.05) is 17.1 Å². The molecule has 0 aromatic heterocycles. The molecule has 0 spiro atoms. The molecule has 0 atom stereocenters. The number of aryl methyl sites for hydroxylation is 1. The second-order valence-corrected chi connectivity index (χ2v) is 7.32. The lowest BCUT2D eigenvalue weighted by Gasteiger charge is -2.18. The molecule has 1 heterocycles. The van der Waals surface area contributed by atoms with Gasteiger partial charge in [-0.1, -0.05) is 18.2 Å². The van der Waals surface area contributed by atoms with Gasteiger partial charge in [0.05, 0.1) is 12.9 Å². The first-order valence-electron chi connectivity index (χ1n) is 7.52. The second-order valence-electron chi connectivity index (χ2n) is 5.59. The molecule has 2 aromatic rings. The minimum absolute atomic E-state index is 0.0213. The molecule has 2 N–H and O–H groups in total. The van der Waals surface area contributed by atoms with E-state index in [2.05, 4.69) is 10.0 Å². The lowest BCUT2D eigenvalue weighted by molar-refractivity contribution is -0.116. The van der Waals surface area contributed by atoms with Gasteiger partial charge in [0, 0.05) is 23.4 Å². The Balaban J connectivity index is 1.78. The Hall–Kier alpha value is -2.54. The summed E-state index contributed by atoms with van der Waals surface area (Å²) in [5, 5.41) is 2.77. The summed E-state index contributed by atoms with van der Waals surface area (Å²) in [6.45, 7) is 0. The van der Waals surface area contributed by atoms with Crippen LogP contribution < -0.4 is 14.8 Å². The number of carbonyl (C=O) groups excluding carboxylic acids is 1. The molecule has 0 saturated carbocycles. The predicted molar refractivity (Wildman–Crippen MR) is 92.6 cm³/mol. The molecule has 7 heteroatoms. The third-order valence-electron chi connectivity index (χ3n) is 3.81. The molecule has 126 valence electrons. The molecule has 0 saturated heterocycles. The summed E-state index contributed by atoms with van der Waals surface area (Å²) < 4.78 is 32.6. The fourth-order valence-corrected chi connectivity index (χ4v) is 3.90. The van der Waals surface area contributed by atoms with Crippen LogP contribution in [-0.4, -0.2) is 21.4 Å². The summed E-state index contributed by atoms with van der Waals surface area (Å²) in [5.74, 6) is 0.341. The number of methoxy groups -OCH3 is 1. The van der Waals surface area contributed by atoms with Crippen LogP contribution in [0.4, 0.5) is 11.4 Å². The topological polar surface area (TPSA) is 84.5 Å². The van der Waals surface area contributed by atoms with Crippen molar-refractivity contribution in [2.24, 2.45) is 0 Å². The molecule has 1 aliphatic heterocycles. The van der Waals surface area contributed by atoms with Gasteiger partial charge in [-0.3, -0.25) is 9.52 Å². The summed E-state index contributed by atoms with van der Waals surface area (Å²) in [6, 6.07) is 12.1. The highest BCUT2D eigenvalue weighted by atomic mass is 32.2. The first-order chi connectivity index (χ1) is 11.5. The van der Waals surface area contributed by atoms with Crippen molar-refractivity contribution >= 4 is 27.3 Å². The lowest BCUT2D eigenvalue weighted by atomic mass is 10.0. The van der Waals surface area contributed by atoms with E-state index >= 15 is 0 Å². The molecular weight excluding hydrogens is 328 g/mol. The average molecular weight is 346 g/mol. The SMILES string of the molecule is COc1ccccc1CS(=O)(=O)Nc1ccc2c(c1)CCC(=O)N2. The van der Waals surface area contributed by atoms with Crippen molar-refractivity contribution in [3.8, 4) is 5.75 Å². The highest BCUT2D eigenvalue weighted by Gasteiger charge is 2.18. The number of rotatable bonds is 5. The van der Waals surface area contributed by atoms with Gasteiger partial charge in [-0.2, -0.15) is 0 Å². The largest absolute Gasteiger partial charge is 0.496 e. The summed E-state index contributed by atoms with van der Waals surface area (Å²) in [7, 11) is -2.06. The predicted octanol–water partition coefficient (Wildman–Crippen LogP) is 2.52. The van der Waals surface area contributed by atoms with Gasteiger partial charge in [0.2, 0.25) is 15.9 Å². The van der Waals surface area contributed by atoms with Crippen LogP contribution in [-0.2, 0) is 27.0 Å². The number of carbonyl (C=O) groups is 1. The zero-order valence-corrected chi connectivity index (χ0v) is 14.0. The van der Waals surface area contributed by atoms with Gasteiger partial charge >= 0.3 is 0 Å². The van der Waals surface area contributed by atoms with E-state index in [0.29, 0.717) is 29.8 Å². The number of anilines is 2. The molecule has 2 aromatic carbocycles. The Morgan fingerprint density at radius 1 is 1.17 bits per heavy atom. The van der Waals surface area contributed by atoms with Crippen molar-refractivity contribution in [1.29, 1.82) is 0 Å². The molecule has 1 amide bonds. The van der Waals surface area contributed by atoms with Crippen LogP contribution in [0.25, 0.3) is 0 Å². The number of ether oxygens (including phenoxy) is 1. The highest BCUT2D eigenvalue weighted by molar-refractivity contribution is 7.91. The molecule has 6 nitrogen and oxygen atoms in total. The molecule has 1 aliphatic rings. The maximum atomic E-state index is 12.4. The normalized spacial score (nSPS) is 13.8. The third kappa shape index (κ3) is 3.68. The van der Waals surface area contributed by atoms with Crippen molar-refractivity contribution in [2.45, 2.75) is 18.6 Å². The van der Waals surface area contributed by atoms with Crippen molar-refractivity contribution < 1.29 is 17.9 Å². The number of hydrogen-bond donors (Lipinski definition) is 2. The Morgan fingerprint density at radius 3 is 2.75 bits per heavy atom. The Bertz CT molecular complexity index is 878. The quantitative estimate of drug-likeness (QED) is 0.871. The van der Waals surface area contributed by atoms with E-state index in [1.54, 1.807) is 42.5 Å². The fraction of sp³-hybridized carbons (Fsp3) is 0.235. The lowest BCUT2D eigenvalue weighted by Crippen LogP contribution is -2.20. The zero-order valence-electron chi connectivity index (χ0n) is 13.2. The van der Waals surface area contributed by atoms with E-state index in [1.165, 1.54) is 7.11 Å². The number of nitrogens with one attached hydrogen (secondary N) is 2. The van der Waals surface area contributed by atoms with Gasteiger partial charge in [0.1, 0.15) is 5.75 Å². The van der Waals surface area contributed by atoms with E-state index in [1.807, 2.05) is 0 Å². The molecule has 0 fully saturated rings. The van der Waals surface area contributed by atoms with Crippen molar-refractivity contribution in [3.05, 3.63) is 53.6 Å². The number of hydrogen-bond acceptors (Lipinski definition) is 4. The first-order valence-corrected chi connectivity index (χ1v) is 9.17. The van der Waals surface area contributed by atoms with Gasteiger partial charge in [-0.25, -0.2) is 8.42 Å². The minimum atomic E-state index is -3.57. The standard InChI is InChI=1S/C17H18N2O4S/c1-23-16-5-3-2-4-13(16)11-24(21,22)19-14-7-8-15-12(10-14)6-9-17(20)18-15/h2-5,7-8,10,19H,6,9,11H2,1H3,(H,18,20). The molecule has 0 bridgehead atoms. The Kier molecular flexibility index (Phi) is 4.44. The van der Waals surface area contributed by atoms with Gasteiger partial charge in [0.25, 0.3) is 0 Å². The number of benzene rings is 2. The molecule has 0 radical (unpaired) electrons. The van der Waals surface area contributed by atoms with E-state index in [9.17, 15) is 13.2 Å². The van der Waals surface area contributed by atoms with Crippen LogP contribution in [0.3, 0.4) is 0 Å². The van der Waals surface area contributed by atoms with Crippen LogP contribution >= 0.6 is 0 Å². The van der Waals surface area contributed by atoms with Crippen LogP contribution in [0.15, 0.2) is 42.5 Å². The monoisotopic (exact) mass is 346 g/mol. The molecule has 3 rings (SSSR count). The van der Waals surface area contributed by atoms with Crippen molar-refractivity contribution in [1.82, 2.24) is 0 Å². The van der Waals surface area contributed by atoms with E-state index < -0.39 is 10.0 Å². The summed E-state index contributed by atoms with van der Waals surface area (Å²) in [4.78, 5) is 11.4. The van der Waals surface area contributed by atoms with E-state index in [0.717, 1.165) is 11.3 Å². The number of amides is 1. The maximum Gasteiger partial charge on any atom is 0.237 e. The molecule has 24 heavy (non-hydrogen) atoms. The van der Waals surface area contributed by atoms with Crippen LogP contribution in [0.2, 0.25) is 0 Å². The number of para-hydroxylation sites is 1. The second kappa shape index (κ2) is 6.52. The maximum absolute atomic E-state index is 12.4. The van der Waals surface area contributed by atoms with Gasteiger partial charge in [-0.15, -0.1) is 0 Å². The molecular formula is C17H18N2O4S. The Labute approximate surface area is 140 Å². The van der Waals surface area contributed by atoms with Gasteiger partial charge in [0.15, 0.2) is 0 Å². The highest BCUT2D eigenvalue weighted by Crippen LogP contribution is 2.27. The molecule has 0 unspecified atom stereocenters. The summed E-state index contributed by atoms with van der Waals surface area (Å²) in [5.41, 5.74) is 2.74. The summed E-state index contributed by atoms with van der Waals surface area (Å²) in [6.07, 6.45) is 1.01. The van der Waals surface area contributed by atoms with E-state index in [4.69, 9.17) is 4.74 Å². The third-order valence-corrected chi connectivity index (χ3v) is 5.05. The molecule has 0 aliphatic carbocycles. The van der Waals surface area contributed by atoms with Gasteiger partial charge < -0.3 is 10.1 Å². The van der Waals surface area contributed by atoms with Crippen LogP contribution in [0.1, 0.15) is 17.5 Å². The number of fused-ring (bicyclic) bond motifs is 1. The smallest absolute Gasteiger partial charge is 0.237 e. The first kappa shape index (κ1) is 16.3. The summed E-state index contributed by atoms with van der Waals surface area (Å²) >= 11 is 0. The Morgan fingerprint density at radius 2 is 1.96 bits per heavy atom. The zero-order chi connectivity index (χ0) is 17.2. The van der Waals surface area contributed by atoms with Gasteiger partial charge in [-0.05, 0) is 36.2 Å². The average Bonchev–Trinajstić information content (AvgIpc) is 2.55. The minimum Gasteiger partial charge on any atom is -0.496 e. The van der Waals surface area contributed by atoms with Crippen LogP contribution in [0.5, 0.6) is 5.75 Å². The number of sulfonamides is 1. The fourth-order valence-electron chi connectivity index (χ4n) is 2.69. The van der Waals surface area contributed by atoms with E-state index in [-0.39, 0.29) is 11.7 Å². The van der Waals surface area contributed by atoms with Crippen LogP contribution in [0, 0.1) is 0 Å².